The quantitative estimate of drug-likeness (QED) is 0.468. The third-order valence-electron chi connectivity index (χ3n) is 4.51. The zero-order valence-corrected chi connectivity index (χ0v) is 14.7. The van der Waals surface area contributed by atoms with Gasteiger partial charge in [-0.05, 0) is 52.6 Å². The first kappa shape index (κ1) is 16.1. The molecular formula is C24H20N2. The molecule has 0 fully saturated rings. The van der Waals surface area contributed by atoms with E-state index in [9.17, 15) is 0 Å². The number of allylic oxidation sites excluding steroid dienone is 1. The van der Waals surface area contributed by atoms with Crippen molar-refractivity contribution in [2.24, 2.45) is 0 Å². The first-order chi connectivity index (χ1) is 12.8. The Bertz CT molecular complexity index is 1050. The van der Waals surface area contributed by atoms with Crippen molar-refractivity contribution < 1.29 is 0 Å². The molecule has 3 aromatic carbocycles. The van der Waals surface area contributed by atoms with Crippen molar-refractivity contribution in [3.05, 3.63) is 103 Å². The van der Waals surface area contributed by atoms with Gasteiger partial charge in [-0.3, -0.25) is 0 Å². The monoisotopic (exact) mass is 336 g/mol. The minimum atomic E-state index is 0.838. The van der Waals surface area contributed by atoms with E-state index in [-0.39, 0.29) is 0 Å². The number of hydrogen-bond donors (Lipinski definition) is 1. The highest BCUT2D eigenvalue weighted by atomic mass is 15.0. The summed E-state index contributed by atoms with van der Waals surface area (Å²) < 4.78 is 0. The number of fused-ring (bicyclic) bond motifs is 1. The Kier molecular flexibility index (Phi) is 4.48. The van der Waals surface area contributed by atoms with E-state index < -0.39 is 0 Å². The highest BCUT2D eigenvalue weighted by Crippen LogP contribution is 2.24. The van der Waals surface area contributed by atoms with E-state index in [1.807, 2.05) is 36.7 Å². The van der Waals surface area contributed by atoms with Crippen LogP contribution in [0, 0.1) is 0 Å². The topological polar surface area (TPSA) is 24.9 Å². The lowest BCUT2D eigenvalue weighted by Gasteiger charge is -2.07. The van der Waals surface area contributed by atoms with E-state index in [2.05, 4.69) is 77.9 Å². The lowest BCUT2D eigenvalue weighted by Crippen LogP contribution is -1.93. The highest BCUT2D eigenvalue weighted by molar-refractivity contribution is 5.87. The molecule has 4 aromatic rings. The Morgan fingerprint density at radius 3 is 2.27 bits per heavy atom. The van der Waals surface area contributed by atoms with Crippen LogP contribution >= 0.6 is 0 Å². The zero-order valence-electron chi connectivity index (χ0n) is 14.7. The second kappa shape index (κ2) is 7.24. The predicted octanol–water partition coefficient (Wildman–Crippen LogP) is 6.37. The molecule has 0 aliphatic carbocycles. The SMILES string of the molecule is C/C(=C\Nc1ccc(-c2ccc3ccccc3c2)cn1)c1ccccc1. The van der Waals surface area contributed by atoms with Crippen molar-refractivity contribution in [3.8, 4) is 11.1 Å². The molecule has 0 bridgehead atoms. The molecule has 26 heavy (non-hydrogen) atoms. The predicted molar refractivity (Wildman–Crippen MR) is 111 cm³/mol. The standard InChI is InChI=1S/C24H20N2/c1-18(19-7-3-2-4-8-19)16-25-24-14-13-23(17-26-24)22-12-11-20-9-5-6-10-21(20)15-22/h2-17H,1H3,(H,25,26)/b18-16+. The number of nitrogens with one attached hydrogen (secondary N) is 1. The maximum atomic E-state index is 4.55. The van der Waals surface area contributed by atoms with Crippen molar-refractivity contribution in [2.75, 3.05) is 5.32 Å². The van der Waals surface area contributed by atoms with Gasteiger partial charge in [0.05, 0.1) is 0 Å². The summed E-state index contributed by atoms with van der Waals surface area (Å²) in [5, 5.41) is 5.78. The number of aromatic nitrogens is 1. The van der Waals surface area contributed by atoms with E-state index >= 15 is 0 Å². The minimum absolute atomic E-state index is 0.838. The summed E-state index contributed by atoms with van der Waals surface area (Å²) in [6.45, 7) is 2.09. The fourth-order valence-electron chi connectivity index (χ4n) is 2.99. The summed E-state index contributed by atoms with van der Waals surface area (Å²) in [5.74, 6) is 0.838. The first-order valence-electron chi connectivity index (χ1n) is 8.73. The van der Waals surface area contributed by atoms with Crippen LogP contribution in [0.2, 0.25) is 0 Å². The number of benzene rings is 3. The van der Waals surface area contributed by atoms with Crippen LogP contribution in [0.5, 0.6) is 0 Å². The maximum absolute atomic E-state index is 4.55. The molecule has 0 saturated heterocycles. The molecule has 0 atom stereocenters. The third-order valence-corrected chi connectivity index (χ3v) is 4.51. The van der Waals surface area contributed by atoms with E-state index in [1.54, 1.807) is 0 Å². The van der Waals surface area contributed by atoms with E-state index in [1.165, 1.54) is 27.5 Å². The second-order valence-electron chi connectivity index (χ2n) is 6.33. The molecule has 0 aliphatic heterocycles. The van der Waals surface area contributed by atoms with Crippen LogP contribution in [0.1, 0.15) is 12.5 Å². The van der Waals surface area contributed by atoms with Gasteiger partial charge in [-0.2, -0.15) is 0 Å². The second-order valence-corrected chi connectivity index (χ2v) is 6.33. The van der Waals surface area contributed by atoms with Gasteiger partial charge in [-0.25, -0.2) is 4.98 Å². The summed E-state index contributed by atoms with van der Waals surface area (Å²) in [6, 6.07) is 29.3. The van der Waals surface area contributed by atoms with Gasteiger partial charge in [0.25, 0.3) is 0 Å². The molecule has 0 spiro atoms. The van der Waals surface area contributed by atoms with Crippen LogP contribution in [0.3, 0.4) is 0 Å². The van der Waals surface area contributed by atoms with Gasteiger partial charge >= 0.3 is 0 Å². The van der Waals surface area contributed by atoms with Crippen LogP contribution in [-0.2, 0) is 0 Å². The summed E-state index contributed by atoms with van der Waals surface area (Å²) >= 11 is 0. The Hall–Kier alpha value is -3.39. The minimum Gasteiger partial charge on any atom is -0.346 e. The summed E-state index contributed by atoms with van der Waals surface area (Å²) in [4.78, 5) is 4.55. The van der Waals surface area contributed by atoms with Gasteiger partial charge in [0, 0.05) is 18.0 Å². The summed E-state index contributed by atoms with van der Waals surface area (Å²) in [7, 11) is 0. The lowest BCUT2D eigenvalue weighted by molar-refractivity contribution is 1.31. The molecule has 0 amide bonds. The van der Waals surface area contributed by atoms with Crippen LogP contribution in [0.25, 0.3) is 27.5 Å². The molecule has 2 nitrogen and oxygen atoms in total. The molecule has 0 saturated carbocycles. The number of rotatable bonds is 4. The normalized spacial score (nSPS) is 11.5. The lowest BCUT2D eigenvalue weighted by atomic mass is 10.0. The molecule has 1 heterocycles. The average molecular weight is 336 g/mol. The molecule has 0 radical (unpaired) electrons. The van der Waals surface area contributed by atoms with E-state index in [0.29, 0.717) is 0 Å². The number of nitrogens with zero attached hydrogens (tertiary/aromatic N) is 1. The van der Waals surface area contributed by atoms with Crippen molar-refractivity contribution in [2.45, 2.75) is 6.92 Å². The fourth-order valence-corrected chi connectivity index (χ4v) is 2.99. The zero-order chi connectivity index (χ0) is 17.8. The van der Waals surface area contributed by atoms with Gasteiger partial charge in [0.15, 0.2) is 0 Å². The van der Waals surface area contributed by atoms with Gasteiger partial charge in [0.2, 0.25) is 0 Å². The van der Waals surface area contributed by atoms with Crippen molar-refractivity contribution >= 4 is 22.2 Å². The van der Waals surface area contributed by atoms with Crippen molar-refractivity contribution in [3.63, 3.8) is 0 Å². The van der Waals surface area contributed by atoms with Crippen LogP contribution in [0.4, 0.5) is 5.82 Å². The van der Waals surface area contributed by atoms with Gasteiger partial charge in [-0.1, -0.05) is 66.7 Å². The van der Waals surface area contributed by atoms with Gasteiger partial charge in [0.1, 0.15) is 5.82 Å². The third kappa shape index (κ3) is 3.50. The number of hydrogen-bond acceptors (Lipinski definition) is 2. The van der Waals surface area contributed by atoms with Gasteiger partial charge in [-0.15, -0.1) is 0 Å². The smallest absolute Gasteiger partial charge is 0.129 e. The molecular weight excluding hydrogens is 316 g/mol. The number of anilines is 1. The van der Waals surface area contributed by atoms with E-state index in [4.69, 9.17) is 0 Å². The van der Waals surface area contributed by atoms with Crippen molar-refractivity contribution in [1.29, 1.82) is 0 Å². The molecule has 1 N–H and O–H groups in total. The molecule has 4 rings (SSSR count). The maximum Gasteiger partial charge on any atom is 0.129 e. The molecule has 0 unspecified atom stereocenters. The number of pyridine rings is 1. The van der Waals surface area contributed by atoms with Crippen LogP contribution < -0.4 is 5.32 Å². The first-order valence-corrected chi connectivity index (χ1v) is 8.73. The highest BCUT2D eigenvalue weighted by Gasteiger charge is 2.01. The largest absolute Gasteiger partial charge is 0.346 e. The van der Waals surface area contributed by atoms with Crippen LogP contribution in [0.15, 0.2) is 97.3 Å². The Labute approximate surface area is 153 Å². The molecule has 0 aliphatic rings. The Balaban J connectivity index is 1.52. The van der Waals surface area contributed by atoms with Crippen LogP contribution in [-0.4, -0.2) is 4.98 Å². The van der Waals surface area contributed by atoms with Gasteiger partial charge < -0.3 is 5.32 Å². The Morgan fingerprint density at radius 2 is 1.50 bits per heavy atom. The Morgan fingerprint density at radius 1 is 0.769 bits per heavy atom. The summed E-state index contributed by atoms with van der Waals surface area (Å²) in [5.41, 5.74) is 4.67. The van der Waals surface area contributed by atoms with E-state index in [0.717, 1.165) is 11.4 Å². The fraction of sp³-hybridized carbons (Fsp3) is 0.0417. The molecule has 1 aromatic heterocycles. The summed E-state index contributed by atoms with van der Waals surface area (Å²) in [6.07, 6.45) is 3.91. The average Bonchev–Trinajstić information content (AvgIpc) is 2.72. The molecule has 2 heteroatoms. The van der Waals surface area contributed by atoms with Crippen molar-refractivity contribution in [1.82, 2.24) is 4.98 Å². The molecule has 126 valence electrons.